The van der Waals surface area contributed by atoms with E-state index in [1.54, 1.807) is 30.0 Å². The Kier molecular flexibility index (Phi) is 4.33. The summed E-state index contributed by atoms with van der Waals surface area (Å²) in [6.07, 6.45) is 1.72. The minimum absolute atomic E-state index is 0. The van der Waals surface area contributed by atoms with Crippen LogP contribution in [0.4, 0.5) is 5.95 Å². The number of anilines is 1. The van der Waals surface area contributed by atoms with Crippen LogP contribution in [-0.4, -0.2) is 22.2 Å². The summed E-state index contributed by atoms with van der Waals surface area (Å²) in [6.45, 7) is 4.81. The molecule has 7 heteroatoms. The molecule has 0 radical (unpaired) electrons. The van der Waals surface area contributed by atoms with Gasteiger partial charge in [-0.1, -0.05) is 6.92 Å². The Morgan fingerprint density at radius 2 is 2.24 bits per heavy atom. The van der Waals surface area contributed by atoms with Gasteiger partial charge in [0.15, 0.2) is 0 Å². The second-order valence-electron chi connectivity index (χ2n) is 5.50. The van der Waals surface area contributed by atoms with E-state index < -0.39 is 0 Å². The molecule has 1 aliphatic rings. The van der Waals surface area contributed by atoms with Crippen LogP contribution in [0.3, 0.4) is 0 Å². The monoisotopic (exact) mass is 329 g/mol. The van der Waals surface area contributed by atoms with E-state index in [0.717, 1.165) is 33.5 Å². The van der Waals surface area contributed by atoms with Gasteiger partial charge in [-0.3, -0.25) is 9.36 Å². The third-order valence-electron chi connectivity index (χ3n) is 4.19. The Morgan fingerprint density at radius 1 is 1.52 bits per heavy atom. The van der Waals surface area contributed by atoms with E-state index in [4.69, 9.17) is 4.74 Å². The van der Waals surface area contributed by atoms with Crippen LogP contribution in [0.1, 0.15) is 30.7 Å². The second kappa shape index (κ2) is 5.59. The minimum atomic E-state index is -0.173. The number of nitrogens with zero attached hydrogens (tertiary/aromatic N) is 2. The van der Waals surface area contributed by atoms with Crippen molar-refractivity contribution in [2.24, 2.45) is 7.05 Å². The zero-order valence-electron chi connectivity index (χ0n) is 12.6. The lowest BCUT2D eigenvalue weighted by Crippen LogP contribution is -2.34. The molecule has 116 valence electrons. The lowest BCUT2D eigenvalue weighted by molar-refractivity contribution is -0.0543. The average molecular weight is 330 g/mol. The van der Waals surface area contributed by atoms with Gasteiger partial charge in [-0.2, -0.15) is 0 Å². The van der Waals surface area contributed by atoms with Crippen molar-refractivity contribution in [3.05, 3.63) is 20.8 Å². The molecular weight excluding hydrogens is 310 g/mol. The Morgan fingerprint density at radius 3 is 2.86 bits per heavy atom. The maximum Gasteiger partial charge on any atom is 0.263 e. The van der Waals surface area contributed by atoms with Gasteiger partial charge in [-0.15, -0.1) is 23.7 Å². The van der Waals surface area contributed by atoms with E-state index in [0.29, 0.717) is 12.6 Å². The molecule has 1 aliphatic heterocycles. The summed E-state index contributed by atoms with van der Waals surface area (Å²) in [5.74, 6) is 0.597. The Bertz CT molecular complexity index is 740. The zero-order chi connectivity index (χ0) is 14.5. The number of aromatic nitrogens is 2. The number of hydrogen-bond acceptors (Lipinski definition) is 5. The fraction of sp³-hybridized carbons (Fsp3) is 0.571. The van der Waals surface area contributed by atoms with Gasteiger partial charge in [0.25, 0.3) is 5.56 Å². The molecule has 0 aliphatic carbocycles. The van der Waals surface area contributed by atoms with Gasteiger partial charge >= 0.3 is 0 Å². The summed E-state index contributed by atoms with van der Waals surface area (Å²) in [5.41, 5.74) is 0.988. The van der Waals surface area contributed by atoms with Crippen LogP contribution < -0.4 is 10.9 Å². The van der Waals surface area contributed by atoms with Crippen LogP contribution in [-0.2, 0) is 24.8 Å². The number of fused-ring (bicyclic) bond motifs is 3. The fourth-order valence-corrected chi connectivity index (χ4v) is 3.74. The highest BCUT2D eigenvalue weighted by molar-refractivity contribution is 7.18. The molecule has 0 bridgehead atoms. The third kappa shape index (κ3) is 2.45. The molecule has 2 aromatic rings. The minimum Gasteiger partial charge on any atom is -0.369 e. The van der Waals surface area contributed by atoms with Crippen LogP contribution in [0.25, 0.3) is 10.2 Å². The highest BCUT2D eigenvalue weighted by Gasteiger charge is 2.33. The first-order chi connectivity index (χ1) is 9.49. The van der Waals surface area contributed by atoms with Gasteiger partial charge in [0.05, 0.1) is 17.6 Å². The van der Waals surface area contributed by atoms with Crippen LogP contribution >= 0.6 is 23.7 Å². The van der Waals surface area contributed by atoms with Crippen molar-refractivity contribution < 1.29 is 4.74 Å². The second-order valence-corrected chi connectivity index (χ2v) is 6.59. The molecule has 0 amide bonds. The van der Waals surface area contributed by atoms with Gasteiger partial charge < -0.3 is 10.1 Å². The molecule has 3 rings (SSSR count). The summed E-state index contributed by atoms with van der Waals surface area (Å²) in [5, 5.41) is 3.74. The van der Waals surface area contributed by atoms with Gasteiger partial charge in [-0.25, -0.2) is 4.98 Å². The van der Waals surface area contributed by atoms with Crippen molar-refractivity contribution in [2.75, 3.05) is 12.4 Å². The Balaban J connectivity index is 0.00000161. The molecule has 1 unspecified atom stereocenters. The normalized spacial score (nSPS) is 21.0. The maximum absolute atomic E-state index is 12.6. The van der Waals surface area contributed by atoms with Crippen molar-refractivity contribution >= 4 is 39.9 Å². The van der Waals surface area contributed by atoms with Crippen LogP contribution in [0.5, 0.6) is 0 Å². The highest BCUT2D eigenvalue weighted by Crippen LogP contribution is 2.38. The zero-order valence-corrected chi connectivity index (χ0v) is 14.3. The molecule has 0 spiro atoms. The first kappa shape index (κ1) is 16.3. The molecule has 5 nitrogen and oxygen atoms in total. The first-order valence-corrected chi connectivity index (χ1v) is 7.63. The lowest BCUT2D eigenvalue weighted by Gasteiger charge is -2.32. The van der Waals surface area contributed by atoms with Crippen molar-refractivity contribution in [1.29, 1.82) is 0 Å². The molecule has 1 N–H and O–H groups in total. The van der Waals surface area contributed by atoms with Gasteiger partial charge in [0, 0.05) is 25.4 Å². The van der Waals surface area contributed by atoms with E-state index in [2.05, 4.69) is 24.1 Å². The van der Waals surface area contributed by atoms with Crippen LogP contribution in [0.15, 0.2) is 4.79 Å². The molecule has 2 aromatic heterocycles. The predicted octanol–water partition coefficient (Wildman–Crippen LogP) is 2.70. The van der Waals surface area contributed by atoms with Gasteiger partial charge in [0.1, 0.15) is 4.83 Å². The first-order valence-electron chi connectivity index (χ1n) is 6.82. The molecule has 0 aromatic carbocycles. The highest BCUT2D eigenvalue weighted by atomic mass is 35.5. The van der Waals surface area contributed by atoms with E-state index in [1.165, 1.54) is 0 Å². The number of rotatable bonds is 2. The molecule has 0 saturated carbocycles. The Hall–Kier alpha value is -1.11. The molecular formula is C14H20ClN3O2S. The summed E-state index contributed by atoms with van der Waals surface area (Å²) in [7, 11) is 3.53. The van der Waals surface area contributed by atoms with E-state index in [9.17, 15) is 4.79 Å². The number of hydrogen-bond donors (Lipinski definition) is 1. The van der Waals surface area contributed by atoms with Crippen molar-refractivity contribution in [2.45, 2.75) is 38.9 Å². The quantitative estimate of drug-likeness (QED) is 0.920. The number of nitrogens with one attached hydrogen (secondary N) is 1. The smallest absolute Gasteiger partial charge is 0.263 e. The summed E-state index contributed by atoms with van der Waals surface area (Å²) in [6, 6.07) is 0. The molecule has 3 heterocycles. The number of ether oxygens (including phenoxy) is 1. The maximum atomic E-state index is 12.6. The van der Waals surface area contributed by atoms with Crippen molar-refractivity contribution in [3.63, 3.8) is 0 Å². The molecule has 1 atom stereocenters. The summed E-state index contributed by atoms with van der Waals surface area (Å²) < 4.78 is 7.53. The van der Waals surface area contributed by atoms with Crippen molar-refractivity contribution in [3.8, 4) is 0 Å². The third-order valence-corrected chi connectivity index (χ3v) is 5.29. The average Bonchev–Trinajstić information content (AvgIpc) is 2.80. The van der Waals surface area contributed by atoms with Crippen molar-refractivity contribution in [1.82, 2.24) is 9.55 Å². The largest absolute Gasteiger partial charge is 0.369 e. The summed E-state index contributed by atoms with van der Waals surface area (Å²) >= 11 is 1.57. The SMILES string of the molecule is CCC1(C)Cc2c(sc3nc(NC)n(C)c(=O)c23)CO1.Cl. The van der Waals surface area contributed by atoms with Crippen LogP contribution in [0, 0.1) is 0 Å². The number of thiophene rings is 1. The van der Waals surface area contributed by atoms with Crippen LogP contribution in [0.2, 0.25) is 0 Å². The topological polar surface area (TPSA) is 56.2 Å². The standard InChI is InChI=1S/C14H19N3O2S.ClH/c1-5-14(2)6-8-9(7-19-14)20-11-10(8)12(18)17(4)13(15-3)16-11;/h5-7H2,1-4H3,(H,15,16);1H. The van der Waals surface area contributed by atoms with E-state index in [1.807, 2.05) is 0 Å². The van der Waals surface area contributed by atoms with Gasteiger partial charge in [-0.05, 0) is 18.9 Å². The number of halogens is 1. The summed E-state index contributed by atoms with van der Waals surface area (Å²) in [4.78, 5) is 19.1. The molecule has 21 heavy (non-hydrogen) atoms. The molecule has 0 fully saturated rings. The fourth-order valence-electron chi connectivity index (χ4n) is 2.65. The lowest BCUT2D eigenvalue weighted by atomic mass is 9.90. The van der Waals surface area contributed by atoms with Gasteiger partial charge in [0.2, 0.25) is 5.95 Å². The molecule has 0 saturated heterocycles. The predicted molar refractivity (Wildman–Crippen MR) is 88.8 cm³/mol. The van der Waals surface area contributed by atoms with E-state index in [-0.39, 0.29) is 23.6 Å². The Labute approximate surface area is 133 Å². The van der Waals surface area contributed by atoms with E-state index >= 15 is 0 Å².